The van der Waals surface area contributed by atoms with Crippen LogP contribution in [-0.4, -0.2) is 18.2 Å². The molecule has 3 heteroatoms. The lowest BCUT2D eigenvalue weighted by molar-refractivity contribution is -0.123. The van der Waals surface area contributed by atoms with Crippen molar-refractivity contribution in [2.75, 3.05) is 0 Å². The number of amides is 1. The van der Waals surface area contributed by atoms with E-state index in [-0.39, 0.29) is 11.8 Å². The van der Waals surface area contributed by atoms with Crippen LogP contribution in [-0.2, 0) is 16.0 Å². The van der Waals surface area contributed by atoms with Crippen molar-refractivity contribution in [2.45, 2.75) is 32.2 Å². The third kappa shape index (κ3) is 3.85. The quantitative estimate of drug-likeness (QED) is 0.710. The minimum Gasteiger partial charge on any atom is -0.349 e. The predicted octanol–water partition coefficient (Wildman–Crippen LogP) is 1.71. The van der Waals surface area contributed by atoms with Gasteiger partial charge in [-0.25, -0.2) is 0 Å². The first-order valence-electron chi connectivity index (χ1n) is 5.54. The molecule has 1 N–H and O–H groups in total. The largest absolute Gasteiger partial charge is 0.349 e. The van der Waals surface area contributed by atoms with E-state index in [1.54, 1.807) is 0 Å². The Morgan fingerprint density at radius 1 is 1.38 bits per heavy atom. The fourth-order valence-electron chi connectivity index (χ4n) is 1.62. The molecule has 0 aliphatic rings. The van der Waals surface area contributed by atoms with Gasteiger partial charge in [-0.2, -0.15) is 0 Å². The lowest BCUT2D eigenvalue weighted by Crippen LogP contribution is -2.37. The SMILES string of the molecule is CCCC(=O)C(Cc1ccccc1)NC=O. The Morgan fingerprint density at radius 3 is 2.62 bits per heavy atom. The highest BCUT2D eigenvalue weighted by Crippen LogP contribution is 2.06. The number of hydrogen-bond donors (Lipinski definition) is 1. The molecule has 0 aliphatic carbocycles. The molecule has 0 aromatic heterocycles. The number of nitrogens with one attached hydrogen (secondary N) is 1. The molecule has 0 bridgehead atoms. The smallest absolute Gasteiger partial charge is 0.207 e. The Labute approximate surface area is 95.9 Å². The maximum Gasteiger partial charge on any atom is 0.207 e. The minimum absolute atomic E-state index is 0.0958. The van der Waals surface area contributed by atoms with Gasteiger partial charge in [-0.05, 0) is 18.4 Å². The minimum atomic E-state index is -0.389. The summed E-state index contributed by atoms with van der Waals surface area (Å²) >= 11 is 0. The molecule has 1 aromatic carbocycles. The number of carbonyl (C=O) groups excluding carboxylic acids is 2. The zero-order valence-electron chi connectivity index (χ0n) is 9.48. The van der Waals surface area contributed by atoms with Gasteiger partial charge in [0.25, 0.3) is 0 Å². The van der Waals surface area contributed by atoms with E-state index < -0.39 is 0 Å². The molecule has 1 aromatic rings. The summed E-state index contributed by atoms with van der Waals surface area (Å²) in [5.41, 5.74) is 1.06. The van der Waals surface area contributed by atoms with Crippen LogP contribution >= 0.6 is 0 Å². The fraction of sp³-hybridized carbons (Fsp3) is 0.385. The Hall–Kier alpha value is -1.64. The maximum absolute atomic E-state index is 11.7. The van der Waals surface area contributed by atoms with E-state index in [1.165, 1.54) is 0 Å². The van der Waals surface area contributed by atoms with Crippen molar-refractivity contribution < 1.29 is 9.59 Å². The molecule has 0 saturated carbocycles. The number of rotatable bonds is 7. The van der Waals surface area contributed by atoms with Gasteiger partial charge >= 0.3 is 0 Å². The van der Waals surface area contributed by atoms with Crippen LogP contribution in [0.2, 0.25) is 0 Å². The standard InChI is InChI=1S/C13H17NO2/c1-2-6-13(16)12(14-10-15)9-11-7-4-3-5-8-11/h3-5,7-8,10,12H,2,6,9H2,1H3,(H,14,15). The molecule has 0 heterocycles. The molecule has 1 amide bonds. The van der Waals surface area contributed by atoms with Crippen molar-refractivity contribution in [1.29, 1.82) is 0 Å². The van der Waals surface area contributed by atoms with E-state index in [1.807, 2.05) is 37.3 Å². The van der Waals surface area contributed by atoms with Crippen molar-refractivity contribution in [3.8, 4) is 0 Å². The zero-order chi connectivity index (χ0) is 11.8. The van der Waals surface area contributed by atoms with Gasteiger partial charge in [0.1, 0.15) is 0 Å². The summed E-state index contributed by atoms with van der Waals surface area (Å²) in [4.78, 5) is 22.2. The molecule has 0 fully saturated rings. The van der Waals surface area contributed by atoms with Gasteiger partial charge in [-0.3, -0.25) is 9.59 Å². The van der Waals surface area contributed by atoms with Gasteiger partial charge in [0.05, 0.1) is 6.04 Å². The molecule has 0 aliphatic heterocycles. The summed E-state index contributed by atoms with van der Waals surface area (Å²) in [6.45, 7) is 1.96. The Kier molecular flexibility index (Phi) is 5.26. The molecule has 0 radical (unpaired) electrons. The summed E-state index contributed by atoms with van der Waals surface area (Å²) in [6.07, 6.45) is 2.49. The van der Waals surface area contributed by atoms with Gasteiger partial charge in [-0.15, -0.1) is 0 Å². The summed E-state index contributed by atoms with van der Waals surface area (Å²) in [5, 5.41) is 2.59. The van der Waals surface area contributed by atoms with Crippen LogP contribution in [0, 0.1) is 0 Å². The first kappa shape index (κ1) is 12.4. The second kappa shape index (κ2) is 6.77. The van der Waals surface area contributed by atoms with Gasteiger partial charge in [0.15, 0.2) is 5.78 Å². The third-order valence-corrected chi connectivity index (χ3v) is 2.44. The van der Waals surface area contributed by atoms with Gasteiger partial charge in [0, 0.05) is 6.42 Å². The lowest BCUT2D eigenvalue weighted by atomic mass is 10.00. The highest BCUT2D eigenvalue weighted by atomic mass is 16.1. The molecule has 0 spiro atoms. The second-order valence-electron chi connectivity index (χ2n) is 3.74. The van der Waals surface area contributed by atoms with Crippen LogP contribution in [0.4, 0.5) is 0 Å². The average Bonchev–Trinajstić information content (AvgIpc) is 2.30. The molecule has 1 rings (SSSR count). The molecule has 3 nitrogen and oxygen atoms in total. The van der Waals surface area contributed by atoms with Crippen molar-refractivity contribution in [3.05, 3.63) is 35.9 Å². The van der Waals surface area contributed by atoms with Crippen LogP contribution in [0.25, 0.3) is 0 Å². The first-order chi connectivity index (χ1) is 7.77. The van der Waals surface area contributed by atoms with E-state index >= 15 is 0 Å². The van der Waals surface area contributed by atoms with Crippen LogP contribution in [0.1, 0.15) is 25.3 Å². The molecule has 1 atom stereocenters. The van der Waals surface area contributed by atoms with Crippen molar-refractivity contribution in [1.82, 2.24) is 5.32 Å². The van der Waals surface area contributed by atoms with E-state index in [4.69, 9.17) is 0 Å². The number of carbonyl (C=O) groups is 2. The Balaban J connectivity index is 2.64. The molecule has 0 saturated heterocycles. The highest BCUT2D eigenvalue weighted by Gasteiger charge is 2.16. The molecule has 1 unspecified atom stereocenters. The maximum atomic E-state index is 11.7. The number of hydrogen-bond acceptors (Lipinski definition) is 2. The molecular formula is C13H17NO2. The van der Waals surface area contributed by atoms with Crippen LogP contribution in [0.5, 0.6) is 0 Å². The molecule has 86 valence electrons. The highest BCUT2D eigenvalue weighted by molar-refractivity contribution is 5.85. The fourth-order valence-corrected chi connectivity index (χ4v) is 1.62. The van der Waals surface area contributed by atoms with E-state index in [0.29, 0.717) is 19.3 Å². The van der Waals surface area contributed by atoms with Gasteiger partial charge in [0.2, 0.25) is 6.41 Å². The number of Topliss-reactive ketones (excluding diaryl/α,β-unsaturated/α-hetero) is 1. The molecular weight excluding hydrogens is 202 g/mol. The van der Waals surface area contributed by atoms with Crippen LogP contribution in [0.15, 0.2) is 30.3 Å². The zero-order valence-corrected chi connectivity index (χ0v) is 9.48. The summed E-state index contributed by atoms with van der Waals surface area (Å²) in [6, 6.07) is 9.31. The van der Waals surface area contributed by atoms with Crippen LogP contribution < -0.4 is 5.32 Å². The molecule has 16 heavy (non-hydrogen) atoms. The third-order valence-electron chi connectivity index (χ3n) is 2.44. The summed E-state index contributed by atoms with van der Waals surface area (Å²) < 4.78 is 0. The summed E-state index contributed by atoms with van der Waals surface area (Å²) in [7, 11) is 0. The van der Waals surface area contributed by atoms with E-state index in [2.05, 4.69) is 5.32 Å². The second-order valence-corrected chi connectivity index (χ2v) is 3.74. The number of benzene rings is 1. The van der Waals surface area contributed by atoms with E-state index in [0.717, 1.165) is 12.0 Å². The Morgan fingerprint density at radius 2 is 2.06 bits per heavy atom. The van der Waals surface area contributed by atoms with Crippen molar-refractivity contribution in [3.63, 3.8) is 0 Å². The van der Waals surface area contributed by atoms with Crippen molar-refractivity contribution in [2.24, 2.45) is 0 Å². The van der Waals surface area contributed by atoms with Crippen molar-refractivity contribution >= 4 is 12.2 Å². The van der Waals surface area contributed by atoms with Gasteiger partial charge < -0.3 is 5.32 Å². The topological polar surface area (TPSA) is 46.2 Å². The van der Waals surface area contributed by atoms with Crippen LogP contribution in [0.3, 0.4) is 0 Å². The predicted molar refractivity (Wildman–Crippen MR) is 63.0 cm³/mol. The monoisotopic (exact) mass is 219 g/mol. The van der Waals surface area contributed by atoms with Gasteiger partial charge in [-0.1, -0.05) is 37.3 Å². The number of ketones is 1. The first-order valence-corrected chi connectivity index (χ1v) is 5.54. The lowest BCUT2D eigenvalue weighted by Gasteiger charge is -2.14. The summed E-state index contributed by atoms with van der Waals surface area (Å²) in [5.74, 6) is 0.0958. The van der Waals surface area contributed by atoms with E-state index in [9.17, 15) is 9.59 Å². The average molecular weight is 219 g/mol. The Bertz CT molecular complexity index is 335. The normalized spacial score (nSPS) is 11.8.